The van der Waals surface area contributed by atoms with Crippen molar-refractivity contribution in [3.63, 3.8) is 0 Å². The topological polar surface area (TPSA) is 49.4 Å². The fourth-order valence-corrected chi connectivity index (χ4v) is 2.84. The van der Waals surface area contributed by atoms with E-state index in [1.165, 1.54) is 12.1 Å². The van der Waals surface area contributed by atoms with Crippen molar-refractivity contribution in [2.45, 2.75) is 40.2 Å². The van der Waals surface area contributed by atoms with Crippen LogP contribution in [0.3, 0.4) is 0 Å². The lowest BCUT2D eigenvalue weighted by Gasteiger charge is -2.24. The average Bonchev–Trinajstić information content (AvgIpc) is 2.60. The first kappa shape index (κ1) is 20.6. The van der Waals surface area contributed by atoms with Gasteiger partial charge in [-0.2, -0.15) is 0 Å². The second-order valence-corrected chi connectivity index (χ2v) is 7.00. The maximum Gasteiger partial charge on any atom is 0.227 e. The van der Waals surface area contributed by atoms with Gasteiger partial charge in [-0.25, -0.2) is 4.39 Å². The number of halogens is 1. The van der Waals surface area contributed by atoms with Gasteiger partial charge in [-0.05, 0) is 48.2 Å². The summed E-state index contributed by atoms with van der Waals surface area (Å²) in [7, 11) is 0. The molecule has 27 heavy (non-hydrogen) atoms. The molecule has 2 rings (SSSR count). The van der Waals surface area contributed by atoms with Crippen LogP contribution in [0.5, 0.6) is 0 Å². The van der Waals surface area contributed by atoms with Crippen LogP contribution in [0.15, 0.2) is 48.5 Å². The lowest BCUT2D eigenvalue weighted by molar-refractivity contribution is -0.120. The summed E-state index contributed by atoms with van der Waals surface area (Å²) in [5.74, 6) is -0.131. The summed E-state index contributed by atoms with van der Waals surface area (Å²) in [6, 6.07) is 13.7. The summed E-state index contributed by atoms with van der Waals surface area (Å²) in [6.45, 7) is 6.77. The van der Waals surface area contributed by atoms with E-state index in [1.54, 1.807) is 11.0 Å². The third-order valence-corrected chi connectivity index (χ3v) is 4.10. The van der Waals surface area contributed by atoms with Crippen LogP contribution in [0.1, 0.15) is 38.3 Å². The Balaban J connectivity index is 2.21. The van der Waals surface area contributed by atoms with Gasteiger partial charge in [0.25, 0.3) is 0 Å². The maximum atomic E-state index is 13.5. The molecule has 1 N–H and O–H groups in total. The minimum Gasteiger partial charge on any atom is -0.356 e. The number of anilines is 1. The molecule has 0 aliphatic heterocycles. The zero-order valence-electron chi connectivity index (χ0n) is 16.2. The molecule has 0 radical (unpaired) electrons. The van der Waals surface area contributed by atoms with Gasteiger partial charge in [0.05, 0.1) is 13.0 Å². The second kappa shape index (κ2) is 9.86. The predicted molar refractivity (Wildman–Crippen MR) is 106 cm³/mol. The van der Waals surface area contributed by atoms with E-state index in [9.17, 15) is 14.0 Å². The monoisotopic (exact) mass is 370 g/mol. The van der Waals surface area contributed by atoms with Crippen LogP contribution in [0, 0.1) is 11.7 Å². The zero-order valence-corrected chi connectivity index (χ0v) is 16.2. The zero-order chi connectivity index (χ0) is 19.8. The minimum absolute atomic E-state index is 0.00858. The van der Waals surface area contributed by atoms with E-state index in [0.717, 1.165) is 16.8 Å². The molecule has 0 bridgehead atoms. The molecule has 0 atom stereocenters. The van der Waals surface area contributed by atoms with Gasteiger partial charge < -0.3 is 10.2 Å². The SMILES string of the molecule is CCNC(=O)Cc1ccc(N(Cc2cccc(F)c2)C(=O)CC(C)C)cc1. The van der Waals surface area contributed by atoms with Gasteiger partial charge in [0.2, 0.25) is 11.8 Å². The van der Waals surface area contributed by atoms with Gasteiger partial charge in [0.1, 0.15) is 5.82 Å². The standard InChI is InChI=1S/C22H27FN2O2/c1-4-24-21(26)14-17-8-10-20(11-9-17)25(22(27)12-16(2)3)15-18-6-5-7-19(23)13-18/h5-11,13,16H,4,12,14-15H2,1-3H3,(H,24,26). The van der Waals surface area contributed by atoms with Crippen LogP contribution < -0.4 is 10.2 Å². The van der Waals surface area contributed by atoms with Crippen LogP contribution in [-0.4, -0.2) is 18.4 Å². The van der Waals surface area contributed by atoms with Gasteiger partial charge in [0.15, 0.2) is 0 Å². The molecule has 0 aliphatic carbocycles. The number of carbonyl (C=O) groups is 2. The molecular weight excluding hydrogens is 343 g/mol. The summed E-state index contributed by atoms with van der Waals surface area (Å²) in [5, 5.41) is 2.77. The molecule has 0 saturated heterocycles. The molecule has 0 unspecified atom stereocenters. The fourth-order valence-electron chi connectivity index (χ4n) is 2.84. The quantitative estimate of drug-likeness (QED) is 0.761. The van der Waals surface area contributed by atoms with E-state index in [-0.39, 0.29) is 23.5 Å². The third-order valence-electron chi connectivity index (χ3n) is 4.10. The molecular formula is C22H27FN2O2. The Hall–Kier alpha value is -2.69. The highest BCUT2D eigenvalue weighted by Gasteiger charge is 2.18. The Bertz CT molecular complexity index is 772. The number of nitrogens with zero attached hydrogens (tertiary/aromatic N) is 1. The number of carbonyl (C=O) groups excluding carboxylic acids is 2. The highest BCUT2D eigenvalue weighted by atomic mass is 19.1. The van der Waals surface area contributed by atoms with Gasteiger partial charge in [-0.3, -0.25) is 9.59 Å². The largest absolute Gasteiger partial charge is 0.356 e. The lowest BCUT2D eigenvalue weighted by atomic mass is 10.1. The van der Waals surface area contributed by atoms with Crippen molar-refractivity contribution in [2.24, 2.45) is 5.92 Å². The summed E-state index contributed by atoms with van der Waals surface area (Å²) >= 11 is 0. The first-order valence-electron chi connectivity index (χ1n) is 9.29. The van der Waals surface area contributed by atoms with Crippen LogP contribution in [0.25, 0.3) is 0 Å². The van der Waals surface area contributed by atoms with Crippen molar-refractivity contribution in [3.05, 3.63) is 65.5 Å². The molecule has 5 heteroatoms. The molecule has 144 valence electrons. The van der Waals surface area contributed by atoms with E-state index in [0.29, 0.717) is 25.9 Å². The van der Waals surface area contributed by atoms with E-state index in [1.807, 2.05) is 51.1 Å². The fraction of sp³-hybridized carbons (Fsp3) is 0.364. The Morgan fingerprint density at radius 1 is 1.07 bits per heavy atom. The Morgan fingerprint density at radius 3 is 2.37 bits per heavy atom. The Kier molecular flexibility index (Phi) is 7.53. The summed E-state index contributed by atoms with van der Waals surface area (Å²) in [6.07, 6.45) is 0.716. The summed E-state index contributed by atoms with van der Waals surface area (Å²) in [5.41, 5.74) is 2.36. The highest BCUT2D eigenvalue weighted by molar-refractivity contribution is 5.93. The number of hydrogen-bond acceptors (Lipinski definition) is 2. The normalized spacial score (nSPS) is 10.7. The molecule has 0 heterocycles. The van der Waals surface area contributed by atoms with Crippen LogP contribution >= 0.6 is 0 Å². The summed E-state index contributed by atoms with van der Waals surface area (Å²) in [4.78, 5) is 26.2. The van der Waals surface area contributed by atoms with Crippen molar-refractivity contribution < 1.29 is 14.0 Å². The molecule has 0 spiro atoms. The van der Waals surface area contributed by atoms with Crippen molar-refractivity contribution in [2.75, 3.05) is 11.4 Å². The van der Waals surface area contributed by atoms with Crippen molar-refractivity contribution in [1.29, 1.82) is 0 Å². The van der Waals surface area contributed by atoms with Crippen molar-refractivity contribution >= 4 is 17.5 Å². The van der Waals surface area contributed by atoms with E-state index in [2.05, 4.69) is 5.32 Å². The Labute approximate surface area is 160 Å². The third kappa shape index (κ3) is 6.51. The molecule has 0 fully saturated rings. The lowest BCUT2D eigenvalue weighted by Crippen LogP contribution is -2.31. The van der Waals surface area contributed by atoms with Gasteiger partial charge >= 0.3 is 0 Å². The number of likely N-dealkylation sites (N-methyl/N-ethyl adjacent to an activating group) is 1. The predicted octanol–water partition coefficient (Wildman–Crippen LogP) is 4.08. The average molecular weight is 370 g/mol. The van der Waals surface area contributed by atoms with Crippen LogP contribution in [0.4, 0.5) is 10.1 Å². The number of amides is 2. The summed E-state index contributed by atoms with van der Waals surface area (Å²) < 4.78 is 13.5. The number of rotatable bonds is 8. The molecule has 2 amide bonds. The van der Waals surface area contributed by atoms with Gasteiger partial charge in [-0.1, -0.05) is 38.1 Å². The van der Waals surface area contributed by atoms with Gasteiger partial charge in [-0.15, -0.1) is 0 Å². The Morgan fingerprint density at radius 2 is 1.78 bits per heavy atom. The van der Waals surface area contributed by atoms with E-state index >= 15 is 0 Å². The van der Waals surface area contributed by atoms with E-state index < -0.39 is 0 Å². The van der Waals surface area contributed by atoms with Crippen molar-refractivity contribution in [3.8, 4) is 0 Å². The molecule has 2 aromatic rings. The van der Waals surface area contributed by atoms with Gasteiger partial charge in [0, 0.05) is 18.7 Å². The number of hydrogen-bond donors (Lipinski definition) is 1. The second-order valence-electron chi connectivity index (χ2n) is 7.00. The first-order valence-corrected chi connectivity index (χ1v) is 9.29. The van der Waals surface area contributed by atoms with E-state index in [4.69, 9.17) is 0 Å². The number of nitrogens with one attached hydrogen (secondary N) is 1. The molecule has 0 aromatic heterocycles. The number of benzene rings is 2. The first-order chi connectivity index (χ1) is 12.9. The highest BCUT2D eigenvalue weighted by Crippen LogP contribution is 2.21. The smallest absolute Gasteiger partial charge is 0.227 e. The molecule has 4 nitrogen and oxygen atoms in total. The molecule has 0 saturated carbocycles. The van der Waals surface area contributed by atoms with Crippen molar-refractivity contribution in [1.82, 2.24) is 5.32 Å². The molecule has 2 aromatic carbocycles. The minimum atomic E-state index is -0.318. The maximum absolute atomic E-state index is 13.5. The molecule has 0 aliphatic rings. The van der Waals surface area contributed by atoms with Crippen LogP contribution in [0.2, 0.25) is 0 Å². The van der Waals surface area contributed by atoms with Crippen LogP contribution in [-0.2, 0) is 22.6 Å².